The summed E-state index contributed by atoms with van der Waals surface area (Å²) in [6, 6.07) is 7.66. The fraction of sp³-hybridized carbons (Fsp3) is 0.526. The van der Waals surface area contributed by atoms with Gasteiger partial charge in [0.15, 0.2) is 14.2 Å². The van der Waals surface area contributed by atoms with Gasteiger partial charge in [0.1, 0.15) is 5.75 Å². The Morgan fingerprint density at radius 2 is 2.10 bits per heavy atom. The molecule has 1 aromatic carbocycles. The van der Waals surface area contributed by atoms with Gasteiger partial charge in [-0.1, -0.05) is 29.2 Å². The number of piperazine rings is 1. The standard InChI is InChI=1S/C19H25N5O4S3/c1-28-16-4-2-3-14(11-16)20-18-21-22-19(30-18)29-12-17(25)24-8-6-23(7-9-24)15-5-10-31(26,27)13-15/h2-4,11,15H,5-10,12-13H2,1H3,(H,20,21)/t15-/m0/s1. The van der Waals surface area contributed by atoms with Crippen LogP contribution >= 0.6 is 23.1 Å². The lowest BCUT2D eigenvalue weighted by Crippen LogP contribution is -2.52. The van der Waals surface area contributed by atoms with E-state index in [-0.39, 0.29) is 23.5 Å². The molecule has 2 aliphatic rings. The number of nitrogens with zero attached hydrogens (tertiary/aromatic N) is 4. The van der Waals surface area contributed by atoms with Gasteiger partial charge in [0.05, 0.1) is 24.4 Å². The van der Waals surface area contributed by atoms with Crippen LogP contribution in [0.25, 0.3) is 0 Å². The molecule has 3 heterocycles. The highest BCUT2D eigenvalue weighted by Crippen LogP contribution is 2.29. The van der Waals surface area contributed by atoms with Crippen LogP contribution in [0.15, 0.2) is 28.6 Å². The second-order valence-corrected chi connectivity index (χ2v) is 11.9. The molecule has 12 heteroatoms. The summed E-state index contributed by atoms with van der Waals surface area (Å²) in [5.41, 5.74) is 0.857. The highest BCUT2D eigenvalue weighted by atomic mass is 32.2. The number of anilines is 2. The van der Waals surface area contributed by atoms with Gasteiger partial charge in [-0.15, -0.1) is 10.2 Å². The molecule has 0 bridgehead atoms. The fourth-order valence-corrected chi connectivity index (χ4v) is 7.19. The Kier molecular flexibility index (Phi) is 6.99. The molecular formula is C19H25N5O4S3. The third-order valence-electron chi connectivity index (χ3n) is 5.44. The van der Waals surface area contributed by atoms with Crippen LogP contribution in [0.1, 0.15) is 6.42 Å². The first kappa shape index (κ1) is 22.3. The monoisotopic (exact) mass is 483 g/mol. The summed E-state index contributed by atoms with van der Waals surface area (Å²) in [6.07, 6.45) is 0.704. The van der Waals surface area contributed by atoms with E-state index in [1.54, 1.807) is 7.11 Å². The minimum Gasteiger partial charge on any atom is -0.497 e. The molecule has 0 aliphatic carbocycles. The van der Waals surface area contributed by atoms with Crippen LogP contribution in [-0.2, 0) is 14.6 Å². The maximum Gasteiger partial charge on any atom is 0.233 e. The van der Waals surface area contributed by atoms with Crippen LogP contribution in [-0.4, -0.2) is 90.9 Å². The van der Waals surface area contributed by atoms with Crippen molar-refractivity contribution >= 4 is 49.7 Å². The molecule has 2 aliphatic heterocycles. The smallest absolute Gasteiger partial charge is 0.233 e. The molecule has 1 aromatic heterocycles. The van der Waals surface area contributed by atoms with E-state index in [1.807, 2.05) is 29.2 Å². The van der Waals surface area contributed by atoms with Gasteiger partial charge in [0.25, 0.3) is 0 Å². The van der Waals surface area contributed by atoms with Crippen molar-refractivity contribution in [3.8, 4) is 5.75 Å². The van der Waals surface area contributed by atoms with Crippen molar-refractivity contribution in [2.45, 2.75) is 16.8 Å². The Hall–Kier alpha value is -1.89. The van der Waals surface area contributed by atoms with E-state index in [1.165, 1.54) is 23.1 Å². The molecule has 2 aromatic rings. The van der Waals surface area contributed by atoms with Crippen molar-refractivity contribution in [1.29, 1.82) is 0 Å². The lowest BCUT2D eigenvalue weighted by molar-refractivity contribution is -0.130. The van der Waals surface area contributed by atoms with Gasteiger partial charge in [-0.3, -0.25) is 9.69 Å². The number of amides is 1. The van der Waals surface area contributed by atoms with E-state index >= 15 is 0 Å². The zero-order chi connectivity index (χ0) is 21.8. The first-order chi connectivity index (χ1) is 14.9. The van der Waals surface area contributed by atoms with E-state index in [4.69, 9.17) is 4.74 Å². The van der Waals surface area contributed by atoms with E-state index < -0.39 is 9.84 Å². The summed E-state index contributed by atoms with van der Waals surface area (Å²) < 4.78 is 29.3. The van der Waals surface area contributed by atoms with Crippen LogP contribution in [0.5, 0.6) is 5.75 Å². The van der Waals surface area contributed by atoms with Gasteiger partial charge in [-0.25, -0.2) is 8.42 Å². The molecule has 2 saturated heterocycles. The van der Waals surface area contributed by atoms with Gasteiger partial charge < -0.3 is 15.0 Å². The average Bonchev–Trinajstić information content (AvgIpc) is 3.38. The summed E-state index contributed by atoms with van der Waals surface area (Å²) in [7, 11) is -1.26. The number of thioether (sulfide) groups is 1. The molecule has 0 spiro atoms. The first-order valence-electron chi connectivity index (χ1n) is 10.0. The fourth-order valence-electron chi connectivity index (χ4n) is 3.76. The molecule has 1 atom stereocenters. The Balaban J connectivity index is 1.22. The molecule has 0 radical (unpaired) electrons. The largest absolute Gasteiger partial charge is 0.497 e. The summed E-state index contributed by atoms with van der Waals surface area (Å²) in [6.45, 7) is 2.72. The Labute approximate surface area is 190 Å². The quantitative estimate of drug-likeness (QED) is 0.589. The number of benzene rings is 1. The molecule has 2 fully saturated rings. The number of nitrogens with one attached hydrogen (secondary N) is 1. The lowest BCUT2D eigenvalue weighted by Gasteiger charge is -2.37. The number of carbonyl (C=O) groups excluding carboxylic acids is 1. The number of rotatable bonds is 7. The van der Waals surface area contributed by atoms with E-state index in [0.717, 1.165) is 28.9 Å². The molecule has 168 valence electrons. The third-order valence-corrected chi connectivity index (χ3v) is 9.15. The zero-order valence-corrected chi connectivity index (χ0v) is 19.6. The van der Waals surface area contributed by atoms with Crippen LogP contribution in [0.3, 0.4) is 0 Å². The van der Waals surface area contributed by atoms with Crippen molar-refractivity contribution < 1.29 is 17.9 Å². The van der Waals surface area contributed by atoms with E-state index in [0.29, 0.717) is 30.4 Å². The lowest BCUT2D eigenvalue weighted by atomic mass is 10.2. The number of hydrogen-bond donors (Lipinski definition) is 1. The van der Waals surface area contributed by atoms with Gasteiger partial charge in [0.2, 0.25) is 11.0 Å². The minimum absolute atomic E-state index is 0.0706. The van der Waals surface area contributed by atoms with Crippen LogP contribution in [0.2, 0.25) is 0 Å². The number of carbonyl (C=O) groups is 1. The zero-order valence-electron chi connectivity index (χ0n) is 17.2. The molecule has 1 amide bonds. The minimum atomic E-state index is -2.88. The summed E-state index contributed by atoms with van der Waals surface area (Å²) in [5.74, 6) is 1.67. The predicted molar refractivity (Wildman–Crippen MR) is 122 cm³/mol. The van der Waals surface area contributed by atoms with Crippen molar-refractivity contribution in [2.24, 2.45) is 0 Å². The molecule has 0 saturated carbocycles. The maximum atomic E-state index is 12.6. The van der Waals surface area contributed by atoms with E-state index in [2.05, 4.69) is 20.4 Å². The molecule has 31 heavy (non-hydrogen) atoms. The first-order valence-corrected chi connectivity index (χ1v) is 13.6. The van der Waals surface area contributed by atoms with Gasteiger partial charge in [0, 0.05) is 44.0 Å². The molecule has 1 N–H and O–H groups in total. The number of hydrogen-bond acceptors (Lipinski definition) is 10. The summed E-state index contributed by atoms with van der Waals surface area (Å²) in [5, 5.41) is 12.1. The van der Waals surface area contributed by atoms with Gasteiger partial charge in [-0.05, 0) is 18.6 Å². The molecule has 4 rings (SSSR count). The normalized spacial score (nSPS) is 21.2. The van der Waals surface area contributed by atoms with Crippen LogP contribution < -0.4 is 10.1 Å². The highest BCUT2D eigenvalue weighted by molar-refractivity contribution is 8.01. The molecular weight excluding hydrogens is 458 g/mol. The SMILES string of the molecule is COc1cccc(Nc2nnc(SCC(=O)N3CCN([C@H]4CCS(=O)(=O)C4)CC3)s2)c1. The van der Waals surface area contributed by atoms with Gasteiger partial charge >= 0.3 is 0 Å². The van der Waals surface area contributed by atoms with Crippen molar-refractivity contribution in [3.05, 3.63) is 24.3 Å². The van der Waals surface area contributed by atoms with Crippen LogP contribution in [0.4, 0.5) is 10.8 Å². The molecule has 9 nitrogen and oxygen atoms in total. The van der Waals surface area contributed by atoms with Gasteiger partial charge in [-0.2, -0.15) is 0 Å². The second-order valence-electron chi connectivity index (χ2n) is 7.49. The summed E-state index contributed by atoms with van der Waals surface area (Å²) >= 11 is 2.78. The van der Waals surface area contributed by atoms with Crippen molar-refractivity contribution in [3.63, 3.8) is 0 Å². The predicted octanol–water partition coefficient (Wildman–Crippen LogP) is 1.71. The number of sulfone groups is 1. The summed E-state index contributed by atoms with van der Waals surface area (Å²) in [4.78, 5) is 16.7. The van der Waals surface area contributed by atoms with Crippen molar-refractivity contribution in [1.82, 2.24) is 20.0 Å². The van der Waals surface area contributed by atoms with E-state index in [9.17, 15) is 13.2 Å². The maximum absolute atomic E-state index is 12.6. The Morgan fingerprint density at radius 1 is 1.29 bits per heavy atom. The Morgan fingerprint density at radius 3 is 2.81 bits per heavy atom. The third kappa shape index (κ3) is 5.88. The highest BCUT2D eigenvalue weighted by Gasteiger charge is 2.34. The van der Waals surface area contributed by atoms with Crippen molar-refractivity contribution in [2.75, 3.05) is 55.9 Å². The number of methoxy groups -OCH3 is 1. The van der Waals surface area contributed by atoms with Crippen LogP contribution in [0, 0.1) is 0 Å². The Bertz CT molecular complexity index is 1020. The topological polar surface area (TPSA) is 105 Å². The molecule has 0 unspecified atom stereocenters. The number of ether oxygens (including phenoxy) is 1. The second kappa shape index (κ2) is 9.72. The average molecular weight is 484 g/mol. The number of aromatic nitrogens is 2.